The number of hydrogen-bond acceptors (Lipinski definition) is 4. The van der Waals surface area contributed by atoms with Crippen LogP contribution in [0.1, 0.15) is 49.0 Å². The van der Waals surface area contributed by atoms with Crippen molar-refractivity contribution in [2.45, 2.75) is 45.7 Å². The van der Waals surface area contributed by atoms with Gasteiger partial charge < -0.3 is 15.1 Å². The molecule has 2 N–H and O–H groups in total. The molecule has 1 aromatic rings. The van der Waals surface area contributed by atoms with Crippen molar-refractivity contribution in [2.75, 3.05) is 18.4 Å². The van der Waals surface area contributed by atoms with Crippen molar-refractivity contribution in [3.63, 3.8) is 0 Å². The van der Waals surface area contributed by atoms with Crippen molar-refractivity contribution in [1.29, 1.82) is 0 Å². The molecular formula is C22H26N4O4. The van der Waals surface area contributed by atoms with E-state index in [1.54, 1.807) is 12.1 Å². The number of carbonyl (C=O) groups excluding carboxylic acids is 4. The van der Waals surface area contributed by atoms with Crippen LogP contribution in [0, 0.1) is 17.3 Å². The summed E-state index contributed by atoms with van der Waals surface area (Å²) in [5, 5.41) is 5.27. The topological polar surface area (TPSA) is 98.8 Å². The molecular weight excluding hydrogens is 384 g/mol. The van der Waals surface area contributed by atoms with Gasteiger partial charge in [-0.05, 0) is 53.9 Å². The molecule has 8 nitrogen and oxygen atoms in total. The summed E-state index contributed by atoms with van der Waals surface area (Å²) in [4.78, 5) is 52.5. The molecule has 1 unspecified atom stereocenters. The minimum absolute atomic E-state index is 0.103. The van der Waals surface area contributed by atoms with E-state index in [2.05, 4.69) is 24.5 Å². The van der Waals surface area contributed by atoms with E-state index >= 15 is 0 Å². The van der Waals surface area contributed by atoms with Crippen LogP contribution in [0.15, 0.2) is 18.2 Å². The number of benzene rings is 1. The van der Waals surface area contributed by atoms with Gasteiger partial charge in [0.25, 0.3) is 5.91 Å². The minimum Gasteiger partial charge on any atom is -0.324 e. The first-order valence-corrected chi connectivity index (χ1v) is 10.6. The Labute approximate surface area is 175 Å². The number of rotatable bonds is 3. The van der Waals surface area contributed by atoms with Crippen molar-refractivity contribution in [3.8, 4) is 0 Å². The number of carbonyl (C=O) groups is 4. The van der Waals surface area contributed by atoms with Gasteiger partial charge in [-0.1, -0.05) is 13.8 Å². The van der Waals surface area contributed by atoms with Gasteiger partial charge in [0.15, 0.2) is 0 Å². The normalized spacial score (nSPS) is 29.8. The largest absolute Gasteiger partial charge is 0.324 e. The van der Waals surface area contributed by atoms with Gasteiger partial charge in [-0.15, -0.1) is 0 Å². The maximum Gasteiger partial charge on any atom is 0.321 e. The van der Waals surface area contributed by atoms with Gasteiger partial charge in [0, 0.05) is 37.3 Å². The van der Waals surface area contributed by atoms with E-state index in [0.29, 0.717) is 41.5 Å². The third kappa shape index (κ3) is 2.88. The van der Waals surface area contributed by atoms with E-state index in [0.717, 1.165) is 18.7 Å². The lowest BCUT2D eigenvalue weighted by Crippen LogP contribution is -2.52. The van der Waals surface area contributed by atoms with Gasteiger partial charge in [0.1, 0.15) is 6.04 Å². The molecule has 3 atom stereocenters. The molecule has 4 aliphatic rings. The third-order valence-electron chi connectivity index (χ3n) is 7.42. The summed E-state index contributed by atoms with van der Waals surface area (Å²) in [5.74, 6) is 0.250. The Morgan fingerprint density at radius 3 is 2.77 bits per heavy atom. The van der Waals surface area contributed by atoms with Crippen LogP contribution in [0.4, 0.5) is 10.5 Å². The summed E-state index contributed by atoms with van der Waals surface area (Å²) in [6.45, 7) is 6.36. The molecule has 30 heavy (non-hydrogen) atoms. The molecule has 1 saturated carbocycles. The van der Waals surface area contributed by atoms with Crippen LogP contribution in [0.5, 0.6) is 0 Å². The number of fused-ring (bicyclic) bond motifs is 2. The van der Waals surface area contributed by atoms with E-state index in [1.807, 2.05) is 11.0 Å². The quantitative estimate of drug-likeness (QED) is 0.744. The number of likely N-dealkylation sites (tertiary alicyclic amines) is 1. The molecule has 2 saturated heterocycles. The van der Waals surface area contributed by atoms with Gasteiger partial charge >= 0.3 is 6.03 Å². The van der Waals surface area contributed by atoms with Crippen LogP contribution in [-0.2, 0) is 16.1 Å². The molecule has 158 valence electrons. The average Bonchev–Trinajstić information content (AvgIpc) is 3.12. The minimum atomic E-state index is -0.635. The van der Waals surface area contributed by atoms with Gasteiger partial charge in [-0.25, -0.2) is 4.79 Å². The molecule has 8 heteroatoms. The highest BCUT2D eigenvalue weighted by Crippen LogP contribution is 2.62. The number of nitrogens with zero attached hydrogens (tertiary/aromatic N) is 2. The van der Waals surface area contributed by atoms with E-state index in [-0.39, 0.29) is 24.3 Å². The molecule has 0 bridgehead atoms. The Kier molecular flexibility index (Phi) is 4.17. The van der Waals surface area contributed by atoms with Crippen molar-refractivity contribution in [3.05, 3.63) is 29.3 Å². The SMILES string of the molecule is CC(C)[C@]12C[C@H]1CN(C(=O)Nc1ccc3c(c1)CN(C1CCC(=O)NC1=O)C3=O)C2. The van der Waals surface area contributed by atoms with E-state index in [1.165, 1.54) is 11.3 Å². The average molecular weight is 410 g/mol. The first-order valence-electron chi connectivity index (χ1n) is 10.6. The van der Waals surface area contributed by atoms with Gasteiger partial charge in [-0.3, -0.25) is 19.7 Å². The molecule has 1 aromatic carbocycles. The standard InChI is InChI=1S/C22H26N4O4/c1-12(2)22-8-14(22)10-25(11-22)21(30)23-15-3-4-16-13(7-15)9-26(20(16)29)17-5-6-18(27)24-19(17)28/h3-4,7,12,14,17H,5-6,8-11H2,1-2H3,(H,23,30)(H,24,27,28)/t14-,17?,22+/m0/s1. The second-order valence-corrected chi connectivity index (χ2v) is 9.37. The molecule has 3 fully saturated rings. The predicted molar refractivity (Wildman–Crippen MR) is 108 cm³/mol. The lowest BCUT2D eigenvalue weighted by atomic mass is 9.92. The lowest BCUT2D eigenvalue weighted by molar-refractivity contribution is -0.136. The second kappa shape index (κ2) is 6.55. The van der Waals surface area contributed by atoms with Crippen LogP contribution in [0.2, 0.25) is 0 Å². The van der Waals surface area contributed by atoms with E-state index < -0.39 is 11.9 Å². The molecule has 5 amide bonds. The van der Waals surface area contributed by atoms with E-state index in [4.69, 9.17) is 0 Å². The molecule has 3 aliphatic heterocycles. The number of imide groups is 1. The monoisotopic (exact) mass is 410 g/mol. The molecule has 0 aromatic heterocycles. The zero-order valence-electron chi connectivity index (χ0n) is 17.2. The zero-order valence-corrected chi connectivity index (χ0v) is 17.2. The lowest BCUT2D eigenvalue weighted by Gasteiger charge is -2.29. The number of urea groups is 1. The number of anilines is 1. The fraction of sp³-hybridized carbons (Fsp3) is 0.545. The Bertz CT molecular complexity index is 974. The van der Waals surface area contributed by atoms with Crippen LogP contribution in [0.3, 0.4) is 0 Å². The third-order valence-corrected chi connectivity index (χ3v) is 7.42. The predicted octanol–water partition coefficient (Wildman–Crippen LogP) is 1.96. The number of nitrogens with one attached hydrogen (secondary N) is 2. The first kappa shape index (κ1) is 19.1. The van der Waals surface area contributed by atoms with Crippen molar-refractivity contribution in [2.24, 2.45) is 17.3 Å². The van der Waals surface area contributed by atoms with Gasteiger partial charge in [-0.2, -0.15) is 0 Å². The molecule has 5 rings (SSSR count). The van der Waals surface area contributed by atoms with Crippen molar-refractivity contribution < 1.29 is 19.2 Å². The van der Waals surface area contributed by atoms with Crippen molar-refractivity contribution >= 4 is 29.4 Å². The fourth-order valence-electron chi connectivity index (χ4n) is 5.42. The summed E-state index contributed by atoms with van der Waals surface area (Å²) >= 11 is 0. The summed E-state index contributed by atoms with van der Waals surface area (Å²) in [5.41, 5.74) is 2.27. The molecule has 0 radical (unpaired) electrons. The summed E-state index contributed by atoms with van der Waals surface area (Å²) in [6, 6.07) is 4.51. The maximum absolute atomic E-state index is 12.8. The van der Waals surface area contributed by atoms with Gasteiger partial charge in [0.05, 0.1) is 0 Å². The number of piperidine rings is 2. The Hall–Kier alpha value is -2.90. The second-order valence-electron chi connectivity index (χ2n) is 9.37. The summed E-state index contributed by atoms with van der Waals surface area (Å²) < 4.78 is 0. The number of hydrogen-bond donors (Lipinski definition) is 2. The molecule has 1 aliphatic carbocycles. The Morgan fingerprint density at radius 1 is 1.27 bits per heavy atom. The van der Waals surface area contributed by atoms with Gasteiger partial charge in [0.2, 0.25) is 11.8 Å². The Morgan fingerprint density at radius 2 is 2.07 bits per heavy atom. The van der Waals surface area contributed by atoms with Crippen molar-refractivity contribution in [1.82, 2.24) is 15.1 Å². The smallest absolute Gasteiger partial charge is 0.321 e. The summed E-state index contributed by atoms with van der Waals surface area (Å²) in [7, 11) is 0. The van der Waals surface area contributed by atoms with Crippen LogP contribution >= 0.6 is 0 Å². The highest BCUT2D eigenvalue weighted by molar-refractivity contribution is 6.05. The highest BCUT2D eigenvalue weighted by atomic mass is 16.2. The molecule has 0 spiro atoms. The highest BCUT2D eigenvalue weighted by Gasteiger charge is 2.62. The zero-order chi connectivity index (χ0) is 21.2. The van der Waals surface area contributed by atoms with Crippen LogP contribution < -0.4 is 10.6 Å². The molecule has 3 heterocycles. The fourth-order valence-corrected chi connectivity index (χ4v) is 5.42. The van der Waals surface area contributed by atoms with Crippen LogP contribution in [0.25, 0.3) is 0 Å². The number of amides is 5. The maximum atomic E-state index is 12.8. The van der Waals surface area contributed by atoms with E-state index in [9.17, 15) is 19.2 Å². The Balaban J connectivity index is 1.26. The first-order chi connectivity index (χ1) is 14.3. The summed E-state index contributed by atoms with van der Waals surface area (Å²) in [6.07, 6.45) is 1.78. The van der Waals surface area contributed by atoms with Crippen LogP contribution in [-0.4, -0.2) is 52.7 Å².